The Labute approximate surface area is 119 Å². The lowest BCUT2D eigenvalue weighted by Gasteiger charge is -2.07. The number of hydrogen-bond donors (Lipinski definition) is 1. The van der Waals surface area contributed by atoms with E-state index in [9.17, 15) is 4.79 Å². The van der Waals surface area contributed by atoms with Gasteiger partial charge in [-0.1, -0.05) is 12.1 Å². The predicted molar refractivity (Wildman–Crippen MR) is 78.8 cm³/mol. The second-order valence-corrected chi connectivity index (χ2v) is 4.62. The topological polar surface area (TPSA) is 43.3 Å². The van der Waals surface area contributed by atoms with Crippen LogP contribution in [0.3, 0.4) is 0 Å². The fraction of sp³-hybridized carbons (Fsp3) is 0.312. The quantitative estimate of drug-likeness (QED) is 0.840. The molecule has 0 aliphatic rings. The first-order chi connectivity index (χ1) is 9.78. The molecular formula is C16H20N2O2. The summed E-state index contributed by atoms with van der Waals surface area (Å²) in [7, 11) is 1.65. The number of rotatable bonds is 7. The number of aryl methyl sites for hydroxylation is 1. The number of hydrogen-bond acceptors (Lipinski definition) is 2. The van der Waals surface area contributed by atoms with Crippen molar-refractivity contribution < 1.29 is 9.53 Å². The third kappa shape index (κ3) is 4.46. The van der Waals surface area contributed by atoms with E-state index in [0.717, 1.165) is 24.3 Å². The molecule has 0 unspecified atom stereocenters. The van der Waals surface area contributed by atoms with E-state index in [1.807, 2.05) is 53.4 Å². The van der Waals surface area contributed by atoms with E-state index in [0.29, 0.717) is 13.0 Å². The molecule has 20 heavy (non-hydrogen) atoms. The van der Waals surface area contributed by atoms with Gasteiger partial charge in [0.05, 0.1) is 7.11 Å². The normalized spacial score (nSPS) is 10.2. The number of aromatic nitrogens is 1. The summed E-state index contributed by atoms with van der Waals surface area (Å²) in [5.74, 6) is 0.912. The molecule has 4 nitrogen and oxygen atoms in total. The van der Waals surface area contributed by atoms with Crippen molar-refractivity contribution in [3.05, 3.63) is 54.4 Å². The lowest BCUT2D eigenvalue weighted by Crippen LogP contribution is -2.27. The van der Waals surface area contributed by atoms with Crippen LogP contribution >= 0.6 is 0 Å². The highest BCUT2D eigenvalue weighted by atomic mass is 16.5. The van der Waals surface area contributed by atoms with Gasteiger partial charge in [-0.3, -0.25) is 4.79 Å². The number of ether oxygens (including phenoxy) is 1. The van der Waals surface area contributed by atoms with Crippen molar-refractivity contribution in [1.82, 2.24) is 9.88 Å². The monoisotopic (exact) mass is 272 g/mol. The standard InChI is InChI=1S/C16H20N2O2/c1-20-15-6-4-5-14(13-15)7-8-16(19)17-9-12-18-10-2-3-11-18/h2-6,10-11,13H,7-9,12H2,1H3,(H,17,19). The van der Waals surface area contributed by atoms with Crippen molar-refractivity contribution in [3.8, 4) is 5.75 Å². The van der Waals surface area contributed by atoms with Crippen LogP contribution in [0.5, 0.6) is 5.75 Å². The number of carbonyl (C=O) groups is 1. The first-order valence-electron chi connectivity index (χ1n) is 6.78. The SMILES string of the molecule is COc1cccc(CCC(=O)NCCn2cccc2)c1. The summed E-state index contributed by atoms with van der Waals surface area (Å²) in [5, 5.41) is 2.93. The Morgan fingerprint density at radius 3 is 2.80 bits per heavy atom. The minimum Gasteiger partial charge on any atom is -0.497 e. The second kappa shape index (κ2) is 7.38. The molecule has 0 saturated heterocycles. The molecule has 0 saturated carbocycles. The largest absolute Gasteiger partial charge is 0.497 e. The highest BCUT2D eigenvalue weighted by Gasteiger charge is 2.02. The molecule has 1 amide bonds. The van der Waals surface area contributed by atoms with E-state index >= 15 is 0 Å². The maximum absolute atomic E-state index is 11.7. The number of nitrogens with zero attached hydrogens (tertiary/aromatic N) is 1. The molecule has 0 aliphatic heterocycles. The molecule has 0 atom stereocenters. The molecule has 0 aliphatic carbocycles. The Balaban J connectivity index is 1.69. The molecule has 1 N–H and O–H groups in total. The lowest BCUT2D eigenvalue weighted by atomic mass is 10.1. The Morgan fingerprint density at radius 2 is 2.05 bits per heavy atom. The van der Waals surface area contributed by atoms with Crippen LogP contribution < -0.4 is 10.1 Å². The molecule has 1 aromatic carbocycles. The molecule has 1 aromatic heterocycles. The molecule has 0 radical (unpaired) electrons. The number of carbonyl (C=O) groups excluding carboxylic acids is 1. The third-order valence-corrected chi connectivity index (χ3v) is 3.13. The van der Waals surface area contributed by atoms with Crippen LogP contribution in [0, 0.1) is 0 Å². The summed E-state index contributed by atoms with van der Waals surface area (Å²) in [6.45, 7) is 1.46. The van der Waals surface area contributed by atoms with Gasteiger partial charge in [-0.15, -0.1) is 0 Å². The third-order valence-electron chi connectivity index (χ3n) is 3.13. The molecular weight excluding hydrogens is 252 g/mol. The molecule has 2 rings (SSSR count). The van der Waals surface area contributed by atoms with Crippen LogP contribution in [-0.4, -0.2) is 24.1 Å². The molecule has 0 spiro atoms. The molecule has 0 bridgehead atoms. The summed E-state index contributed by atoms with van der Waals surface area (Å²) in [5.41, 5.74) is 1.12. The lowest BCUT2D eigenvalue weighted by molar-refractivity contribution is -0.121. The van der Waals surface area contributed by atoms with E-state index in [2.05, 4.69) is 5.32 Å². The van der Waals surface area contributed by atoms with Gasteiger partial charge >= 0.3 is 0 Å². The van der Waals surface area contributed by atoms with Crippen molar-refractivity contribution in [2.24, 2.45) is 0 Å². The molecule has 106 valence electrons. The molecule has 0 fully saturated rings. The summed E-state index contributed by atoms with van der Waals surface area (Å²) >= 11 is 0. The van der Waals surface area contributed by atoms with Gasteiger partial charge < -0.3 is 14.6 Å². The van der Waals surface area contributed by atoms with E-state index in [1.165, 1.54) is 0 Å². The van der Waals surface area contributed by atoms with Gasteiger partial charge in [-0.2, -0.15) is 0 Å². The molecule has 2 aromatic rings. The van der Waals surface area contributed by atoms with E-state index in [4.69, 9.17) is 4.74 Å². The van der Waals surface area contributed by atoms with E-state index < -0.39 is 0 Å². The number of benzene rings is 1. The van der Waals surface area contributed by atoms with Gasteiger partial charge in [0.1, 0.15) is 5.75 Å². The summed E-state index contributed by atoms with van der Waals surface area (Å²) in [6, 6.07) is 11.8. The summed E-state index contributed by atoms with van der Waals surface area (Å²) in [6.07, 6.45) is 5.20. The Morgan fingerprint density at radius 1 is 1.25 bits per heavy atom. The number of nitrogens with one attached hydrogen (secondary N) is 1. The number of amides is 1. The van der Waals surface area contributed by atoms with Crippen LogP contribution in [0.2, 0.25) is 0 Å². The zero-order valence-corrected chi connectivity index (χ0v) is 11.7. The highest BCUT2D eigenvalue weighted by molar-refractivity contribution is 5.76. The second-order valence-electron chi connectivity index (χ2n) is 4.62. The average Bonchev–Trinajstić information content (AvgIpc) is 2.98. The van der Waals surface area contributed by atoms with Gasteiger partial charge in [-0.05, 0) is 36.2 Å². The fourth-order valence-corrected chi connectivity index (χ4v) is 2.02. The first-order valence-corrected chi connectivity index (χ1v) is 6.78. The maximum atomic E-state index is 11.7. The van der Waals surface area contributed by atoms with Gasteiger partial charge in [0.2, 0.25) is 5.91 Å². The maximum Gasteiger partial charge on any atom is 0.220 e. The van der Waals surface area contributed by atoms with Crippen molar-refractivity contribution in [3.63, 3.8) is 0 Å². The minimum atomic E-state index is 0.0833. The predicted octanol–water partition coefficient (Wildman–Crippen LogP) is 2.25. The van der Waals surface area contributed by atoms with Crippen molar-refractivity contribution in [2.45, 2.75) is 19.4 Å². The minimum absolute atomic E-state index is 0.0833. The molecule has 1 heterocycles. The summed E-state index contributed by atoms with van der Waals surface area (Å²) in [4.78, 5) is 11.7. The van der Waals surface area contributed by atoms with Crippen LogP contribution in [0.4, 0.5) is 0 Å². The van der Waals surface area contributed by atoms with Gasteiger partial charge in [0, 0.05) is 31.9 Å². The van der Waals surface area contributed by atoms with Crippen LogP contribution in [0.25, 0.3) is 0 Å². The zero-order valence-electron chi connectivity index (χ0n) is 11.7. The number of methoxy groups -OCH3 is 1. The molecule has 4 heteroatoms. The van der Waals surface area contributed by atoms with Gasteiger partial charge in [0.25, 0.3) is 0 Å². The van der Waals surface area contributed by atoms with Gasteiger partial charge in [0.15, 0.2) is 0 Å². The fourth-order valence-electron chi connectivity index (χ4n) is 2.02. The van der Waals surface area contributed by atoms with E-state index in [1.54, 1.807) is 7.11 Å². The first kappa shape index (κ1) is 14.2. The van der Waals surface area contributed by atoms with Gasteiger partial charge in [-0.25, -0.2) is 0 Å². The zero-order chi connectivity index (χ0) is 14.2. The highest BCUT2D eigenvalue weighted by Crippen LogP contribution is 2.13. The van der Waals surface area contributed by atoms with Crippen molar-refractivity contribution in [1.29, 1.82) is 0 Å². The van der Waals surface area contributed by atoms with E-state index in [-0.39, 0.29) is 5.91 Å². The Bertz CT molecular complexity index is 535. The van der Waals surface area contributed by atoms with Crippen molar-refractivity contribution >= 4 is 5.91 Å². The van der Waals surface area contributed by atoms with Crippen LogP contribution in [0.15, 0.2) is 48.8 Å². The Kier molecular flexibility index (Phi) is 5.24. The Hall–Kier alpha value is -2.23. The smallest absolute Gasteiger partial charge is 0.220 e. The van der Waals surface area contributed by atoms with Crippen LogP contribution in [-0.2, 0) is 17.8 Å². The average molecular weight is 272 g/mol. The van der Waals surface area contributed by atoms with Crippen LogP contribution in [0.1, 0.15) is 12.0 Å². The van der Waals surface area contributed by atoms with Crippen molar-refractivity contribution in [2.75, 3.05) is 13.7 Å². The summed E-state index contributed by atoms with van der Waals surface area (Å²) < 4.78 is 7.21.